The van der Waals surface area contributed by atoms with Crippen molar-refractivity contribution in [3.8, 4) is 17.2 Å². The van der Waals surface area contributed by atoms with E-state index in [0.717, 1.165) is 5.56 Å². The lowest BCUT2D eigenvalue weighted by Crippen LogP contribution is -2.51. The van der Waals surface area contributed by atoms with E-state index in [9.17, 15) is 9.59 Å². The molecule has 0 fully saturated rings. The summed E-state index contributed by atoms with van der Waals surface area (Å²) in [5.41, 5.74) is 5.46. The molecule has 0 bridgehead atoms. The number of fused-ring (bicyclic) bond motifs is 1. The molecule has 1 heterocycles. The molecule has 0 unspecified atom stereocenters. The van der Waals surface area contributed by atoms with Gasteiger partial charge in [-0.15, -0.1) is 0 Å². The van der Waals surface area contributed by atoms with Gasteiger partial charge in [0, 0.05) is 5.56 Å². The third kappa shape index (κ3) is 4.00. The van der Waals surface area contributed by atoms with E-state index < -0.39 is 12.0 Å². The summed E-state index contributed by atoms with van der Waals surface area (Å²) >= 11 is 0. The van der Waals surface area contributed by atoms with Gasteiger partial charge in [-0.05, 0) is 18.2 Å². The number of rotatable bonds is 4. The van der Waals surface area contributed by atoms with E-state index >= 15 is 0 Å². The van der Waals surface area contributed by atoms with E-state index in [1.165, 1.54) is 7.11 Å². The fourth-order valence-electron chi connectivity index (χ4n) is 2.43. The van der Waals surface area contributed by atoms with Crippen molar-refractivity contribution < 1.29 is 23.8 Å². The van der Waals surface area contributed by atoms with Crippen molar-refractivity contribution in [2.45, 2.75) is 12.5 Å². The first-order chi connectivity index (χ1) is 12.2. The minimum atomic E-state index is -0.832. The Kier molecular flexibility index (Phi) is 5.03. The summed E-state index contributed by atoms with van der Waals surface area (Å²) in [6.07, 6.45) is -0.753. The van der Waals surface area contributed by atoms with Gasteiger partial charge >= 0.3 is 0 Å². The minimum absolute atomic E-state index is 0.0746. The Hall–Kier alpha value is -3.22. The van der Waals surface area contributed by atoms with Crippen LogP contribution in [0.1, 0.15) is 5.56 Å². The number of methoxy groups -OCH3 is 1. The quantitative estimate of drug-likeness (QED) is 0.816. The van der Waals surface area contributed by atoms with Crippen LogP contribution in [-0.4, -0.2) is 31.6 Å². The van der Waals surface area contributed by atoms with Crippen molar-refractivity contribution in [2.24, 2.45) is 0 Å². The molecule has 1 aliphatic heterocycles. The normalized spacial score (nSPS) is 15.2. The largest absolute Gasteiger partial charge is 0.496 e. The maximum absolute atomic E-state index is 12.1. The number of hydrogen-bond donors (Lipinski definition) is 2. The number of ether oxygens (including phenoxy) is 3. The van der Waals surface area contributed by atoms with E-state index in [1.54, 1.807) is 30.3 Å². The lowest BCUT2D eigenvalue weighted by Gasteiger charge is -2.25. The highest BCUT2D eigenvalue weighted by atomic mass is 16.6. The molecule has 0 spiro atoms. The summed E-state index contributed by atoms with van der Waals surface area (Å²) < 4.78 is 16.2. The highest BCUT2D eigenvalue weighted by Crippen LogP contribution is 2.30. The van der Waals surface area contributed by atoms with Crippen molar-refractivity contribution in [3.63, 3.8) is 0 Å². The molecule has 0 saturated heterocycles. The molecule has 25 heavy (non-hydrogen) atoms. The maximum atomic E-state index is 12.1. The van der Waals surface area contributed by atoms with Crippen LogP contribution in [0.15, 0.2) is 48.5 Å². The monoisotopic (exact) mass is 342 g/mol. The maximum Gasteiger partial charge on any atom is 0.283 e. The molecule has 3 rings (SSSR count). The molecule has 2 N–H and O–H groups in total. The van der Waals surface area contributed by atoms with Crippen molar-refractivity contribution in [1.82, 2.24) is 10.9 Å². The predicted octanol–water partition coefficient (Wildman–Crippen LogP) is 1.23. The van der Waals surface area contributed by atoms with Gasteiger partial charge in [0.2, 0.25) is 12.0 Å². The van der Waals surface area contributed by atoms with Crippen LogP contribution in [0.3, 0.4) is 0 Å². The molecule has 7 heteroatoms. The van der Waals surface area contributed by atoms with E-state index in [0.29, 0.717) is 17.2 Å². The molecule has 130 valence electrons. The number of carbonyl (C=O) groups is 2. The summed E-state index contributed by atoms with van der Waals surface area (Å²) in [4.78, 5) is 24.1. The second kappa shape index (κ2) is 7.57. The highest BCUT2D eigenvalue weighted by Gasteiger charge is 2.27. The first kappa shape index (κ1) is 16.6. The van der Waals surface area contributed by atoms with Crippen LogP contribution in [0, 0.1) is 0 Å². The molecule has 2 aromatic carbocycles. The Morgan fingerprint density at radius 2 is 1.80 bits per heavy atom. The fraction of sp³-hybridized carbons (Fsp3) is 0.222. The number of hydrazine groups is 1. The minimum Gasteiger partial charge on any atom is -0.496 e. The number of para-hydroxylation sites is 3. The molecule has 0 aromatic heterocycles. The van der Waals surface area contributed by atoms with Gasteiger partial charge in [-0.25, -0.2) is 0 Å². The third-order valence-corrected chi connectivity index (χ3v) is 3.67. The second-order valence-corrected chi connectivity index (χ2v) is 5.39. The van der Waals surface area contributed by atoms with Crippen molar-refractivity contribution in [2.75, 3.05) is 13.7 Å². The van der Waals surface area contributed by atoms with Gasteiger partial charge in [-0.3, -0.25) is 20.4 Å². The fourth-order valence-corrected chi connectivity index (χ4v) is 2.43. The van der Waals surface area contributed by atoms with Gasteiger partial charge in [0.15, 0.2) is 11.5 Å². The van der Waals surface area contributed by atoms with Crippen molar-refractivity contribution in [3.05, 3.63) is 54.1 Å². The molecule has 7 nitrogen and oxygen atoms in total. The summed E-state index contributed by atoms with van der Waals surface area (Å²) in [5.74, 6) is 0.850. The Morgan fingerprint density at radius 3 is 2.60 bits per heavy atom. The molecular formula is C18H18N2O5. The second-order valence-electron chi connectivity index (χ2n) is 5.39. The van der Waals surface area contributed by atoms with E-state index in [-0.39, 0.29) is 18.9 Å². The molecule has 0 saturated carbocycles. The van der Waals surface area contributed by atoms with Crippen LogP contribution in [0.4, 0.5) is 0 Å². The lowest BCUT2D eigenvalue weighted by atomic mass is 10.1. The Morgan fingerprint density at radius 1 is 1.08 bits per heavy atom. The predicted molar refractivity (Wildman–Crippen MR) is 89.3 cm³/mol. The Labute approximate surface area is 144 Å². The van der Waals surface area contributed by atoms with Crippen LogP contribution in [0.25, 0.3) is 0 Å². The first-order valence-electron chi connectivity index (χ1n) is 7.76. The van der Waals surface area contributed by atoms with Gasteiger partial charge in [-0.2, -0.15) is 0 Å². The van der Waals surface area contributed by atoms with Gasteiger partial charge in [0.1, 0.15) is 12.4 Å². The van der Waals surface area contributed by atoms with Crippen LogP contribution >= 0.6 is 0 Å². The van der Waals surface area contributed by atoms with Gasteiger partial charge in [-0.1, -0.05) is 30.3 Å². The first-order valence-corrected chi connectivity index (χ1v) is 7.76. The summed E-state index contributed by atoms with van der Waals surface area (Å²) in [6, 6.07) is 14.3. The molecule has 0 aliphatic carbocycles. The van der Waals surface area contributed by atoms with Gasteiger partial charge in [0.05, 0.1) is 13.5 Å². The molecule has 2 aromatic rings. The smallest absolute Gasteiger partial charge is 0.283 e. The average Bonchev–Trinajstić information content (AvgIpc) is 2.66. The molecule has 1 atom stereocenters. The van der Waals surface area contributed by atoms with Crippen LogP contribution < -0.4 is 25.1 Å². The molecular weight excluding hydrogens is 324 g/mol. The third-order valence-electron chi connectivity index (χ3n) is 3.67. The summed E-state index contributed by atoms with van der Waals surface area (Å²) in [5, 5.41) is 0. The van der Waals surface area contributed by atoms with Crippen LogP contribution in [0.2, 0.25) is 0 Å². The topological polar surface area (TPSA) is 85.9 Å². The van der Waals surface area contributed by atoms with Gasteiger partial charge < -0.3 is 14.2 Å². The van der Waals surface area contributed by atoms with Crippen LogP contribution in [0.5, 0.6) is 17.2 Å². The molecule has 1 aliphatic rings. The number of nitrogens with one attached hydrogen (secondary N) is 2. The number of amides is 2. The summed E-state index contributed by atoms with van der Waals surface area (Å²) in [7, 11) is 1.54. The van der Waals surface area contributed by atoms with Gasteiger partial charge in [0.25, 0.3) is 5.91 Å². The average molecular weight is 342 g/mol. The van der Waals surface area contributed by atoms with Crippen molar-refractivity contribution in [1.29, 1.82) is 0 Å². The highest BCUT2D eigenvalue weighted by molar-refractivity contribution is 5.86. The zero-order valence-electron chi connectivity index (χ0n) is 13.7. The zero-order chi connectivity index (χ0) is 17.6. The van der Waals surface area contributed by atoms with E-state index in [2.05, 4.69) is 10.9 Å². The van der Waals surface area contributed by atoms with Crippen molar-refractivity contribution >= 4 is 11.8 Å². The Balaban J connectivity index is 1.52. The number of carbonyl (C=O) groups excluding carboxylic acids is 2. The lowest BCUT2D eigenvalue weighted by molar-refractivity contribution is -0.134. The van der Waals surface area contributed by atoms with Crippen LogP contribution in [-0.2, 0) is 16.0 Å². The zero-order valence-corrected chi connectivity index (χ0v) is 13.7. The Bertz CT molecular complexity index is 778. The SMILES string of the molecule is COc1ccccc1CC(=O)NNC(=O)[C@@H]1COc2ccccc2O1. The standard InChI is InChI=1S/C18H18N2O5/c1-23-13-7-3-2-6-12(13)10-17(21)19-20-18(22)16-11-24-14-8-4-5-9-15(14)25-16/h2-9,16H,10-11H2,1H3,(H,19,21)(H,20,22)/t16-/m0/s1. The molecule has 2 amide bonds. The molecule has 0 radical (unpaired) electrons. The van der Waals surface area contributed by atoms with E-state index in [4.69, 9.17) is 14.2 Å². The summed E-state index contributed by atoms with van der Waals surface area (Å²) in [6.45, 7) is 0.0746. The number of benzene rings is 2. The van der Waals surface area contributed by atoms with E-state index in [1.807, 2.05) is 18.2 Å². The number of hydrogen-bond acceptors (Lipinski definition) is 5.